The fourth-order valence-corrected chi connectivity index (χ4v) is 2.06. The standard InChI is InChI=1S/C12H15ClN4/c1-16(2)12(7-17-8-14-15-9-17)10-5-3-4-6-11(10)13/h3-6,8-9,12H,7H2,1-2H3/t12-/m0/s1. The lowest BCUT2D eigenvalue weighted by Crippen LogP contribution is -2.24. The van der Waals surface area contributed by atoms with Crippen molar-refractivity contribution in [3.8, 4) is 0 Å². The van der Waals surface area contributed by atoms with Crippen molar-refractivity contribution in [1.29, 1.82) is 0 Å². The van der Waals surface area contributed by atoms with Gasteiger partial charge in [-0.25, -0.2) is 0 Å². The Morgan fingerprint density at radius 1 is 1.24 bits per heavy atom. The van der Waals surface area contributed by atoms with Crippen LogP contribution in [0, 0.1) is 0 Å². The van der Waals surface area contributed by atoms with Crippen LogP contribution in [0.3, 0.4) is 0 Å². The first-order valence-electron chi connectivity index (χ1n) is 5.41. The van der Waals surface area contributed by atoms with E-state index in [-0.39, 0.29) is 6.04 Å². The zero-order valence-electron chi connectivity index (χ0n) is 9.92. The Kier molecular flexibility index (Phi) is 3.76. The van der Waals surface area contributed by atoms with E-state index < -0.39 is 0 Å². The summed E-state index contributed by atoms with van der Waals surface area (Å²) in [5.41, 5.74) is 1.12. The quantitative estimate of drug-likeness (QED) is 0.835. The summed E-state index contributed by atoms with van der Waals surface area (Å²) in [7, 11) is 4.08. The number of nitrogens with zero attached hydrogens (tertiary/aromatic N) is 4. The highest BCUT2D eigenvalue weighted by Gasteiger charge is 2.17. The van der Waals surface area contributed by atoms with Crippen LogP contribution in [-0.2, 0) is 6.54 Å². The van der Waals surface area contributed by atoms with E-state index >= 15 is 0 Å². The van der Waals surface area contributed by atoms with Crippen molar-refractivity contribution < 1.29 is 0 Å². The van der Waals surface area contributed by atoms with Crippen molar-refractivity contribution in [1.82, 2.24) is 19.7 Å². The molecule has 0 bridgehead atoms. The van der Waals surface area contributed by atoms with Gasteiger partial charge in [0.05, 0.1) is 6.04 Å². The molecule has 0 aliphatic rings. The number of hydrogen-bond donors (Lipinski definition) is 0. The Morgan fingerprint density at radius 3 is 2.47 bits per heavy atom. The average Bonchev–Trinajstić information content (AvgIpc) is 2.79. The largest absolute Gasteiger partial charge is 0.318 e. The molecular weight excluding hydrogens is 236 g/mol. The van der Waals surface area contributed by atoms with E-state index in [0.29, 0.717) is 0 Å². The van der Waals surface area contributed by atoms with Gasteiger partial charge in [-0.3, -0.25) is 0 Å². The van der Waals surface area contributed by atoms with E-state index in [1.54, 1.807) is 12.7 Å². The van der Waals surface area contributed by atoms with Gasteiger partial charge in [0.15, 0.2) is 0 Å². The summed E-state index contributed by atoms with van der Waals surface area (Å²) < 4.78 is 1.95. The van der Waals surface area contributed by atoms with Crippen LogP contribution in [0.2, 0.25) is 5.02 Å². The molecule has 0 spiro atoms. The predicted octanol–water partition coefficient (Wildman–Crippen LogP) is 2.23. The summed E-state index contributed by atoms with van der Waals surface area (Å²) in [6, 6.07) is 8.12. The lowest BCUT2D eigenvalue weighted by atomic mass is 10.1. The van der Waals surface area contributed by atoms with Gasteiger partial charge in [-0.2, -0.15) is 0 Å². The van der Waals surface area contributed by atoms with Crippen molar-refractivity contribution in [2.24, 2.45) is 0 Å². The van der Waals surface area contributed by atoms with Gasteiger partial charge in [0, 0.05) is 11.6 Å². The molecule has 1 heterocycles. The molecule has 1 atom stereocenters. The van der Waals surface area contributed by atoms with Gasteiger partial charge in [0.25, 0.3) is 0 Å². The van der Waals surface area contributed by atoms with Crippen LogP contribution >= 0.6 is 11.6 Å². The van der Waals surface area contributed by atoms with E-state index in [0.717, 1.165) is 17.1 Å². The third-order valence-corrected chi connectivity index (χ3v) is 3.08. The molecular formula is C12H15ClN4. The molecule has 0 aliphatic carbocycles. The monoisotopic (exact) mass is 250 g/mol. The highest BCUT2D eigenvalue weighted by molar-refractivity contribution is 6.31. The molecule has 0 saturated heterocycles. The maximum Gasteiger partial charge on any atom is 0.119 e. The highest BCUT2D eigenvalue weighted by Crippen LogP contribution is 2.27. The number of likely N-dealkylation sites (N-methyl/N-ethyl adjacent to an activating group) is 1. The van der Waals surface area contributed by atoms with Crippen molar-refractivity contribution in [3.05, 3.63) is 47.5 Å². The van der Waals surface area contributed by atoms with Crippen molar-refractivity contribution >= 4 is 11.6 Å². The second-order valence-corrected chi connectivity index (χ2v) is 4.57. The SMILES string of the molecule is CN(C)[C@@H](Cn1cnnc1)c1ccccc1Cl. The first-order valence-corrected chi connectivity index (χ1v) is 5.79. The Morgan fingerprint density at radius 2 is 1.88 bits per heavy atom. The molecule has 4 nitrogen and oxygen atoms in total. The summed E-state index contributed by atoms with van der Waals surface area (Å²) in [5.74, 6) is 0. The third-order valence-electron chi connectivity index (χ3n) is 2.74. The molecule has 0 aliphatic heterocycles. The fourth-order valence-electron chi connectivity index (χ4n) is 1.80. The van der Waals surface area contributed by atoms with Crippen LogP contribution in [0.15, 0.2) is 36.9 Å². The first-order chi connectivity index (χ1) is 8.18. The minimum atomic E-state index is 0.208. The van der Waals surface area contributed by atoms with Crippen molar-refractivity contribution in [2.75, 3.05) is 14.1 Å². The maximum absolute atomic E-state index is 6.24. The Bertz CT molecular complexity index is 467. The highest BCUT2D eigenvalue weighted by atomic mass is 35.5. The molecule has 0 N–H and O–H groups in total. The number of aromatic nitrogens is 3. The predicted molar refractivity (Wildman–Crippen MR) is 67.9 cm³/mol. The van der Waals surface area contributed by atoms with Crippen LogP contribution < -0.4 is 0 Å². The van der Waals surface area contributed by atoms with Gasteiger partial charge in [0.2, 0.25) is 0 Å². The van der Waals surface area contributed by atoms with Gasteiger partial charge in [-0.05, 0) is 25.7 Å². The Balaban J connectivity index is 2.27. The molecule has 0 fully saturated rings. The summed E-state index contributed by atoms with van der Waals surface area (Å²) in [6.07, 6.45) is 3.43. The Hall–Kier alpha value is -1.39. The zero-order valence-corrected chi connectivity index (χ0v) is 10.7. The van der Waals surface area contributed by atoms with Gasteiger partial charge in [0.1, 0.15) is 12.7 Å². The van der Waals surface area contributed by atoms with Gasteiger partial charge >= 0.3 is 0 Å². The normalized spacial score (nSPS) is 12.9. The van der Waals surface area contributed by atoms with E-state index in [2.05, 4.69) is 21.2 Å². The summed E-state index contributed by atoms with van der Waals surface area (Å²) in [4.78, 5) is 2.14. The summed E-state index contributed by atoms with van der Waals surface area (Å²) in [5, 5.41) is 8.42. The summed E-state index contributed by atoms with van der Waals surface area (Å²) >= 11 is 6.24. The second kappa shape index (κ2) is 5.29. The smallest absolute Gasteiger partial charge is 0.119 e. The number of rotatable bonds is 4. The average molecular weight is 251 g/mol. The molecule has 2 rings (SSSR count). The molecule has 0 saturated carbocycles. The third kappa shape index (κ3) is 2.84. The van der Waals surface area contributed by atoms with Gasteiger partial charge in [-0.15, -0.1) is 10.2 Å². The second-order valence-electron chi connectivity index (χ2n) is 4.16. The van der Waals surface area contributed by atoms with Gasteiger partial charge < -0.3 is 9.47 Å². The fraction of sp³-hybridized carbons (Fsp3) is 0.333. The van der Waals surface area contributed by atoms with E-state index in [4.69, 9.17) is 11.6 Å². The number of hydrogen-bond acceptors (Lipinski definition) is 3. The van der Waals surface area contributed by atoms with E-state index in [1.807, 2.05) is 36.9 Å². The minimum Gasteiger partial charge on any atom is -0.318 e. The zero-order chi connectivity index (χ0) is 12.3. The maximum atomic E-state index is 6.24. The van der Waals surface area contributed by atoms with Crippen LogP contribution in [0.25, 0.3) is 0 Å². The Labute approximate surface area is 106 Å². The molecule has 2 aromatic rings. The first kappa shape index (κ1) is 12.1. The lowest BCUT2D eigenvalue weighted by Gasteiger charge is -2.25. The molecule has 90 valence electrons. The molecule has 1 aromatic carbocycles. The van der Waals surface area contributed by atoms with Crippen LogP contribution in [0.4, 0.5) is 0 Å². The molecule has 0 unspecified atom stereocenters. The lowest BCUT2D eigenvalue weighted by molar-refractivity contribution is 0.268. The topological polar surface area (TPSA) is 34.0 Å². The van der Waals surface area contributed by atoms with Crippen molar-refractivity contribution in [3.63, 3.8) is 0 Å². The molecule has 1 aromatic heterocycles. The van der Waals surface area contributed by atoms with Crippen LogP contribution in [-0.4, -0.2) is 33.8 Å². The van der Waals surface area contributed by atoms with E-state index in [9.17, 15) is 0 Å². The molecule has 17 heavy (non-hydrogen) atoms. The molecule has 0 amide bonds. The van der Waals surface area contributed by atoms with Gasteiger partial charge in [-0.1, -0.05) is 29.8 Å². The van der Waals surface area contributed by atoms with Crippen molar-refractivity contribution in [2.45, 2.75) is 12.6 Å². The number of halogens is 1. The minimum absolute atomic E-state index is 0.208. The van der Waals surface area contributed by atoms with Crippen LogP contribution in [0.5, 0.6) is 0 Å². The van der Waals surface area contributed by atoms with Crippen LogP contribution in [0.1, 0.15) is 11.6 Å². The number of benzene rings is 1. The van der Waals surface area contributed by atoms with E-state index in [1.165, 1.54) is 0 Å². The summed E-state index contributed by atoms with van der Waals surface area (Å²) in [6.45, 7) is 0.781. The molecule has 0 radical (unpaired) electrons. The molecule has 5 heteroatoms.